The van der Waals surface area contributed by atoms with Gasteiger partial charge < -0.3 is 20.3 Å². The van der Waals surface area contributed by atoms with E-state index in [1.807, 2.05) is 0 Å². The molecule has 0 aliphatic rings. The maximum Gasteiger partial charge on any atom is 0.241 e. The van der Waals surface area contributed by atoms with Crippen LogP contribution in [0.15, 0.2) is 35.8 Å². The number of hydrogen-bond acceptors (Lipinski definition) is 3. The fourth-order valence-corrected chi connectivity index (χ4v) is 1.66. The number of likely N-dealkylation sites (N-methyl/N-ethyl adjacent to an activating group) is 1. The second-order valence-corrected chi connectivity index (χ2v) is 4.98. The van der Waals surface area contributed by atoms with Gasteiger partial charge in [0.1, 0.15) is 11.6 Å². The van der Waals surface area contributed by atoms with Crippen molar-refractivity contribution in [3.05, 3.63) is 42.2 Å². The molecule has 1 aromatic rings. The molecular formula is C16H24FIN4O2. The zero-order chi connectivity index (χ0) is 17.2. The molecular weight excluding hydrogens is 426 g/mol. The molecule has 2 N–H and O–H groups in total. The van der Waals surface area contributed by atoms with Crippen LogP contribution in [0.3, 0.4) is 0 Å². The van der Waals surface area contributed by atoms with E-state index in [-0.39, 0.29) is 48.8 Å². The lowest BCUT2D eigenvalue weighted by atomic mass is 10.2. The van der Waals surface area contributed by atoms with Crippen LogP contribution in [0.4, 0.5) is 4.39 Å². The zero-order valence-electron chi connectivity index (χ0n) is 14.1. The van der Waals surface area contributed by atoms with E-state index in [0.717, 1.165) is 0 Å². The molecule has 8 heteroatoms. The number of hydrogen-bond donors (Lipinski definition) is 2. The number of carbonyl (C=O) groups is 1. The first-order valence-electron chi connectivity index (χ1n) is 7.13. The van der Waals surface area contributed by atoms with Crippen molar-refractivity contribution in [1.82, 2.24) is 15.5 Å². The lowest BCUT2D eigenvalue weighted by Crippen LogP contribution is -2.43. The predicted molar refractivity (Wildman–Crippen MR) is 104 cm³/mol. The number of nitrogens with zero attached hydrogens (tertiary/aromatic N) is 2. The number of rotatable bonds is 7. The van der Waals surface area contributed by atoms with Gasteiger partial charge in [-0.3, -0.25) is 4.79 Å². The van der Waals surface area contributed by atoms with Gasteiger partial charge in [0.15, 0.2) is 5.96 Å². The molecule has 0 saturated carbocycles. The summed E-state index contributed by atoms with van der Waals surface area (Å²) in [5.74, 6) is 0.422. The molecule has 134 valence electrons. The lowest BCUT2D eigenvalue weighted by Gasteiger charge is -2.14. The van der Waals surface area contributed by atoms with Crippen LogP contribution in [0, 0.1) is 5.82 Å². The van der Waals surface area contributed by atoms with Crippen LogP contribution in [0.25, 0.3) is 0 Å². The van der Waals surface area contributed by atoms with Crippen LogP contribution < -0.4 is 15.4 Å². The van der Waals surface area contributed by atoms with Gasteiger partial charge in [0.2, 0.25) is 5.91 Å². The topological polar surface area (TPSA) is 66.0 Å². The van der Waals surface area contributed by atoms with Crippen LogP contribution >= 0.6 is 24.0 Å². The molecule has 1 rings (SSSR count). The maximum atomic E-state index is 13.5. The minimum atomic E-state index is -0.383. The van der Waals surface area contributed by atoms with Gasteiger partial charge in [0, 0.05) is 26.7 Å². The molecule has 0 atom stereocenters. The average molecular weight is 450 g/mol. The van der Waals surface area contributed by atoms with Crippen molar-refractivity contribution in [2.24, 2.45) is 4.99 Å². The van der Waals surface area contributed by atoms with Gasteiger partial charge in [0.25, 0.3) is 0 Å². The van der Waals surface area contributed by atoms with Gasteiger partial charge in [-0.1, -0.05) is 6.08 Å². The normalized spacial score (nSPS) is 10.4. The van der Waals surface area contributed by atoms with Gasteiger partial charge in [-0.2, -0.15) is 0 Å². The number of nitrogens with one attached hydrogen (secondary N) is 2. The highest BCUT2D eigenvalue weighted by atomic mass is 127. The van der Waals surface area contributed by atoms with Crippen LogP contribution in [-0.4, -0.2) is 51.1 Å². The molecule has 0 aromatic heterocycles. The van der Waals surface area contributed by atoms with E-state index in [0.29, 0.717) is 23.8 Å². The Kier molecular flexibility index (Phi) is 10.8. The standard InChI is InChI=1S/C16H23FN4O2.HI/c1-5-6-18-16(20-11-15(22)21(2)3)19-10-12-7-13(17)9-14(8-12)23-4;/h5,7-9H,1,6,10-11H2,2-4H3,(H2,18,19,20);1H. The summed E-state index contributed by atoms with van der Waals surface area (Å²) in [4.78, 5) is 17.4. The number of benzene rings is 1. The first-order valence-corrected chi connectivity index (χ1v) is 7.13. The monoisotopic (exact) mass is 450 g/mol. The van der Waals surface area contributed by atoms with E-state index >= 15 is 0 Å². The number of ether oxygens (including phenoxy) is 1. The second-order valence-electron chi connectivity index (χ2n) is 4.98. The summed E-state index contributed by atoms with van der Waals surface area (Å²) in [7, 11) is 4.83. The van der Waals surface area contributed by atoms with Gasteiger partial charge in [-0.25, -0.2) is 9.38 Å². The molecule has 0 heterocycles. The number of methoxy groups -OCH3 is 1. The summed E-state index contributed by atoms with van der Waals surface area (Å²) < 4.78 is 18.5. The van der Waals surface area contributed by atoms with Crippen LogP contribution in [-0.2, 0) is 11.3 Å². The van der Waals surface area contributed by atoms with Gasteiger partial charge in [0.05, 0.1) is 20.2 Å². The summed E-state index contributed by atoms with van der Waals surface area (Å²) in [5, 5.41) is 5.93. The lowest BCUT2D eigenvalue weighted by molar-refractivity contribution is -0.127. The molecule has 0 bridgehead atoms. The van der Waals surface area contributed by atoms with E-state index in [1.54, 1.807) is 26.2 Å². The van der Waals surface area contributed by atoms with Gasteiger partial charge >= 0.3 is 0 Å². The summed E-state index contributed by atoms with van der Waals surface area (Å²) in [6.07, 6.45) is 1.68. The Morgan fingerprint density at radius 1 is 1.38 bits per heavy atom. The fourth-order valence-electron chi connectivity index (χ4n) is 1.66. The smallest absolute Gasteiger partial charge is 0.241 e. The Morgan fingerprint density at radius 3 is 2.67 bits per heavy atom. The van der Waals surface area contributed by atoms with Crippen LogP contribution in [0.1, 0.15) is 5.56 Å². The quantitative estimate of drug-likeness (QED) is 0.288. The number of aliphatic imine (C=N–C) groups is 1. The van der Waals surface area contributed by atoms with Crippen LogP contribution in [0.2, 0.25) is 0 Å². The Morgan fingerprint density at radius 2 is 2.08 bits per heavy atom. The summed E-state index contributed by atoms with van der Waals surface area (Å²) in [5.41, 5.74) is 0.667. The van der Waals surface area contributed by atoms with E-state index in [1.165, 1.54) is 24.1 Å². The van der Waals surface area contributed by atoms with Crippen molar-refractivity contribution < 1.29 is 13.9 Å². The molecule has 6 nitrogen and oxygen atoms in total. The highest BCUT2D eigenvalue weighted by Gasteiger charge is 2.06. The number of amides is 1. The largest absolute Gasteiger partial charge is 0.497 e. The molecule has 24 heavy (non-hydrogen) atoms. The molecule has 0 saturated heterocycles. The van der Waals surface area contributed by atoms with Gasteiger partial charge in [-0.15, -0.1) is 30.6 Å². The SMILES string of the molecule is C=CCNC(=NCc1cc(F)cc(OC)c1)NCC(=O)N(C)C.I. The maximum absolute atomic E-state index is 13.5. The third-order valence-electron chi connectivity index (χ3n) is 2.91. The van der Waals surface area contributed by atoms with Crippen LogP contribution in [0.5, 0.6) is 5.75 Å². The minimum absolute atomic E-state index is 0. The molecule has 0 fully saturated rings. The fraction of sp³-hybridized carbons (Fsp3) is 0.375. The third-order valence-corrected chi connectivity index (χ3v) is 2.91. The summed E-state index contributed by atoms with van der Waals surface area (Å²) >= 11 is 0. The molecule has 0 radical (unpaired) electrons. The Balaban J connectivity index is 0.00000529. The summed E-state index contributed by atoms with van der Waals surface area (Å²) in [6, 6.07) is 4.41. The predicted octanol–water partition coefficient (Wildman–Crippen LogP) is 1.76. The van der Waals surface area contributed by atoms with E-state index in [2.05, 4.69) is 22.2 Å². The molecule has 0 aliphatic heterocycles. The number of guanidine groups is 1. The Bertz CT molecular complexity index is 579. The molecule has 0 aliphatic carbocycles. The Labute approximate surface area is 159 Å². The molecule has 0 spiro atoms. The highest BCUT2D eigenvalue weighted by Crippen LogP contribution is 2.16. The third kappa shape index (κ3) is 8.14. The first kappa shape index (κ1) is 22.2. The first-order chi connectivity index (χ1) is 11.0. The highest BCUT2D eigenvalue weighted by molar-refractivity contribution is 14.0. The van der Waals surface area contributed by atoms with Crippen molar-refractivity contribution >= 4 is 35.8 Å². The Hall–Kier alpha value is -1.84. The van der Waals surface area contributed by atoms with E-state index in [4.69, 9.17) is 4.74 Å². The van der Waals surface area contributed by atoms with Crippen molar-refractivity contribution in [3.63, 3.8) is 0 Å². The van der Waals surface area contributed by atoms with Gasteiger partial charge in [-0.05, 0) is 17.7 Å². The number of halogens is 2. The van der Waals surface area contributed by atoms with Crippen molar-refractivity contribution in [2.75, 3.05) is 34.3 Å². The minimum Gasteiger partial charge on any atom is -0.497 e. The summed E-state index contributed by atoms with van der Waals surface area (Å²) in [6.45, 7) is 4.48. The van der Waals surface area contributed by atoms with Crippen molar-refractivity contribution in [3.8, 4) is 5.75 Å². The second kappa shape index (κ2) is 11.7. The van der Waals surface area contributed by atoms with E-state index in [9.17, 15) is 9.18 Å². The molecule has 1 amide bonds. The molecule has 0 unspecified atom stereocenters. The zero-order valence-corrected chi connectivity index (χ0v) is 16.5. The van der Waals surface area contributed by atoms with Crippen molar-refractivity contribution in [2.45, 2.75) is 6.54 Å². The average Bonchev–Trinajstić information content (AvgIpc) is 2.53. The molecule has 1 aromatic carbocycles. The van der Waals surface area contributed by atoms with Crippen molar-refractivity contribution in [1.29, 1.82) is 0 Å². The number of carbonyl (C=O) groups excluding carboxylic acids is 1. The van der Waals surface area contributed by atoms with E-state index < -0.39 is 0 Å².